The summed E-state index contributed by atoms with van der Waals surface area (Å²) in [5.41, 5.74) is 3.52. The van der Waals surface area contributed by atoms with Crippen LogP contribution in [0.15, 0.2) is 121 Å². The molecule has 1 heterocycles. The van der Waals surface area contributed by atoms with E-state index in [1.807, 2.05) is 79.7 Å². The zero-order valence-corrected chi connectivity index (χ0v) is 19.8. The zero-order chi connectivity index (χ0) is 24.8. The lowest BCUT2D eigenvalue weighted by atomic mass is 9.77. The molecule has 0 saturated heterocycles. The highest BCUT2D eigenvalue weighted by Gasteiger charge is 2.38. The molecule has 0 atom stereocenters. The highest BCUT2D eigenvalue weighted by Crippen LogP contribution is 2.41. The number of carbonyl (C=O) groups excluding carboxylic acids is 1. The van der Waals surface area contributed by atoms with Crippen LogP contribution in [-0.2, 0) is 5.54 Å². The highest BCUT2D eigenvalue weighted by atomic mass is 16.6. The number of rotatable bonds is 7. The second-order valence-electron chi connectivity index (χ2n) is 8.37. The molecule has 6 heteroatoms. The number of carbonyl (C=O) groups is 1. The third-order valence-corrected chi connectivity index (χ3v) is 6.05. The van der Waals surface area contributed by atoms with Crippen LogP contribution in [0, 0.1) is 6.92 Å². The van der Waals surface area contributed by atoms with Gasteiger partial charge in [-0.15, -0.1) is 0 Å². The summed E-state index contributed by atoms with van der Waals surface area (Å²) in [5, 5.41) is 14.1. The summed E-state index contributed by atoms with van der Waals surface area (Å²) in [6.07, 6.45) is -0.599. The van der Waals surface area contributed by atoms with Gasteiger partial charge in [-0.2, -0.15) is 5.10 Å². The first-order valence-electron chi connectivity index (χ1n) is 11.7. The molecule has 0 spiro atoms. The molecule has 1 aromatic heterocycles. The lowest BCUT2D eigenvalue weighted by molar-refractivity contribution is 0.215. The molecule has 36 heavy (non-hydrogen) atoms. The van der Waals surface area contributed by atoms with Crippen molar-refractivity contribution in [2.24, 2.45) is 0 Å². The number of para-hydroxylation sites is 1. The van der Waals surface area contributed by atoms with Crippen molar-refractivity contribution >= 4 is 17.6 Å². The largest absolute Gasteiger partial charge is 0.417 e. The number of nitrogens with zero attached hydrogens (tertiary/aromatic N) is 1. The van der Waals surface area contributed by atoms with Crippen LogP contribution >= 0.6 is 0 Å². The molecule has 0 radical (unpaired) electrons. The summed E-state index contributed by atoms with van der Waals surface area (Å²) in [4.78, 5) is 12.8. The van der Waals surface area contributed by atoms with E-state index in [0.29, 0.717) is 22.9 Å². The molecular weight excluding hydrogens is 448 g/mol. The van der Waals surface area contributed by atoms with Gasteiger partial charge in [-0.3, -0.25) is 10.4 Å². The predicted octanol–water partition coefficient (Wildman–Crippen LogP) is 6.73. The Bertz CT molecular complexity index is 1320. The van der Waals surface area contributed by atoms with Gasteiger partial charge in [-0.1, -0.05) is 109 Å². The minimum atomic E-state index is -0.787. The van der Waals surface area contributed by atoms with E-state index in [1.54, 1.807) is 12.1 Å². The van der Waals surface area contributed by atoms with E-state index in [2.05, 4.69) is 57.2 Å². The first kappa shape index (κ1) is 22.9. The average Bonchev–Trinajstić information content (AvgIpc) is 3.27. The van der Waals surface area contributed by atoms with Crippen LogP contribution in [0.4, 0.5) is 16.3 Å². The van der Waals surface area contributed by atoms with Crippen molar-refractivity contribution in [1.29, 1.82) is 0 Å². The maximum Gasteiger partial charge on any atom is 0.417 e. The van der Waals surface area contributed by atoms with E-state index in [9.17, 15) is 4.79 Å². The molecule has 5 aromatic rings. The van der Waals surface area contributed by atoms with Crippen molar-refractivity contribution in [3.05, 3.63) is 144 Å². The number of aromatic nitrogens is 2. The van der Waals surface area contributed by atoms with Gasteiger partial charge in [-0.25, -0.2) is 4.79 Å². The first-order valence-corrected chi connectivity index (χ1v) is 11.7. The van der Waals surface area contributed by atoms with Gasteiger partial charge in [0.2, 0.25) is 0 Å². The smallest absolute Gasteiger partial charge is 0.410 e. The molecule has 0 fully saturated rings. The Kier molecular flexibility index (Phi) is 6.49. The quantitative estimate of drug-likeness (QED) is 0.228. The average molecular weight is 475 g/mol. The Morgan fingerprint density at radius 1 is 0.722 bits per heavy atom. The summed E-state index contributed by atoms with van der Waals surface area (Å²) < 4.78 is 5.46. The summed E-state index contributed by atoms with van der Waals surface area (Å²) in [6, 6.07) is 39.6. The molecule has 0 bridgehead atoms. The van der Waals surface area contributed by atoms with Crippen molar-refractivity contribution in [1.82, 2.24) is 10.2 Å². The fourth-order valence-corrected chi connectivity index (χ4v) is 4.35. The minimum absolute atomic E-state index is 0.456. The normalized spacial score (nSPS) is 11.0. The lowest BCUT2D eigenvalue weighted by Crippen LogP contribution is -2.38. The second kappa shape index (κ2) is 10.2. The van der Waals surface area contributed by atoms with Crippen molar-refractivity contribution in [2.75, 3.05) is 10.6 Å². The SMILES string of the molecule is Cc1[nH]nc(NC(c2ccccc2)(c2ccccc2)c2ccccc2)c1NC(=O)Oc1ccccc1. The first-order chi connectivity index (χ1) is 17.7. The Balaban J connectivity index is 1.59. The Hall–Kier alpha value is -4.84. The predicted molar refractivity (Wildman–Crippen MR) is 142 cm³/mol. The van der Waals surface area contributed by atoms with Gasteiger partial charge in [-0.05, 0) is 35.7 Å². The van der Waals surface area contributed by atoms with Gasteiger partial charge < -0.3 is 10.1 Å². The van der Waals surface area contributed by atoms with Gasteiger partial charge in [0.25, 0.3) is 0 Å². The van der Waals surface area contributed by atoms with Crippen molar-refractivity contribution in [3.8, 4) is 5.75 Å². The molecule has 0 saturated carbocycles. The fraction of sp³-hybridized carbons (Fsp3) is 0.0667. The van der Waals surface area contributed by atoms with Crippen LogP contribution in [0.2, 0.25) is 0 Å². The topological polar surface area (TPSA) is 79.0 Å². The summed E-state index contributed by atoms with van der Waals surface area (Å²) in [5.74, 6) is 0.951. The minimum Gasteiger partial charge on any atom is -0.410 e. The molecule has 4 aromatic carbocycles. The number of ether oxygens (including phenoxy) is 1. The number of amides is 1. The zero-order valence-electron chi connectivity index (χ0n) is 19.8. The maximum atomic E-state index is 12.8. The van der Waals surface area contributed by atoms with E-state index >= 15 is 0 Å². The Morgan fingerprint density at radius 3 is 1.64 bits per heavy atom. The fourth-order valence-electron chi connectivity index (χ4n) is 4.35. The molecule has 3 N–H and O–H groups in total. The molecule has 0 aliphatic heterocycles. The molecule has 0 aliphatic carbocycles. The molecule has 5 rings (SSSR count). The maximum absolute atomic E-state index is 12.8. The van der Waals surface area contributed by atoms with E-state index in [4.69, 9.17) is 4.74 Å². The van der Waals surface area contributed by atoms with Gasteiger partial charge in [0.15, 0.2) is 5.82 Å². The third-order valence-electron chi connectivity index (χ3n) is 6.05. The Labute approximate surface area is 210 Å². The van der Waals surface area contributed by atoms with Crippen LogP contribution in [0.25, 0.3) is 0 Å². The van der Waals surface area contributed by atoms with Crippen molar-refractivity contribution in [3.63, 3.8) is 0 Å². The van der Waals surface area contributed by atoms with Gasteiger partial charge in [0.1, 0.15) is 17.0 Å². The number of aromatic amines is 1. The Morgan fingerprint density at radius 2 is 1.17 bits per heavy atom. The number of hydrogen-bond acceptors (Lipinski definition) is 4. The van der Waals surface area contributed by atoms with E-state index in [1.165, 1.54) is 0 Å². The molecule has 0 aliphatic rings. The number of nitrogens with one attached hydrogen (secondary N) is 3. The van der Waals surface area contributed by atoms with Crippen LogP contribution in [0.5, 0.6) is 5.75 Å². The van der Waals surface area contributed by atoms with Gasteiger partial charge in [0.05, 0.1) is 5.69 Å². The van der Waals surface area contributed by atoms with Crippen molar-refractivity contribution in [2.45, 2.75) is 12.5 Å². The monoisotopic (exact) mass is 474 g/mol. The second-order valence-corrected chi connectivity index (χ2v) is 8.37. The highest BCUT2D eigenvalue weighted by molar-refractivity contribution is 5.91. The molecule has 1 amide bonds. The standard InChI is InChI=1S/C30H26N4O2/c1-22-27(31-29(35)36-26-20-12-5-13-21-26)28(34-33-22)32-30(23-14-6-2-7-15-23,24-16-8-3-9-17-24)25-18-10-4-11-19-25/h2-21H,1H3,(H,31,35)(H2,32,33,34). The number of H-pyrrole nitrogens is 1. The molecule has 0 unspecified atom stereocenters. The summed E-state index contributed by atoms with van der Waals surface area (Å²) in [6.45, 7) is 1.85. The van der Waals surface area contributed by atoms with Crippen LogP contribution in [-0.4, -0.2) is 16.3 Å². The number of anilines is 2. The third kappa shape index (κ3) is 4.57. The molecule has 178 valence electrons. The van der Waals surface area contributed by atoms with E-state index in [-0.39, 0.29) is 0 Å². The molecule has 6 nitrogen and oxygen atoms in total. The molecular formula is C30H26N4O2. The van der Waals surface area contributed by atoms with E-state index in [0.717, 1.165) is 16.7 Å². The van der Waals surface area contributed by atoms with Gasteiger partial charge >= 0.3 is 6.09 Å². The van der Waals surface area contributed by atoms with Gasteiger partial charge in [0, 0.05) is 0 Å². The lowest BCUT2D eigenvalue weighted by Gasteiger charge is -2.37. The van der Waals surface area contributed by atoms with Crippen LogP contribution in [0.1, 0.15) is 22.4 Å². The van der Waals surface area contributed by atoms with Crippen LogP contribution < -0.4 is 15.4 Å². The van der Waals surface area contributed by atoms with E-state index < -0.39 is 11.6 Å². The van der Waals surface area contributed by atoms with Crippen molar-refractivity contribution < 1.29 is 9.53 Å². The number of benzene rings is 4. The van der Waals surface area contributed by atoms with Crippen LogP contribution in [0.3, 0.4) is 0 Å². The summed E-state index contributed by atoms with van der Waals surface area (Å²) in [7, 11) is 0. The summed E-state index contributed by atoms with van der Waals surface area (Å²) >= 11 is 0. The number of hydrogen-bond donors (Lipinski definition) is 3. The number of aryl methyl sites for hydroxylation is 1.